The van der Waals surface area contributed by atoms with Crippen molar-refractivity contribution < 1.29 is 27.1 Å². The van der Waals surface area contributed by atoms with Gasteiger partial charge in [0, 0.05) is 11.8 Å². The van der Waals surface area contributed by atoms with Crippen LogP contribution in [0.4, 0.5) is 15.8 Å². The van der Waals surface area contributed by atoms with Crippen LogP contribution in [-0.4, -0.2) is 27.7 Å². The number of hydrogen-bond acceptors (Lipinski definition) is 5. The van der Waals surface area contributed by atoms with Crippen LogP contribution in [0.1, 0.15) is 0 Å². The molecule has 1 amide bonds. The van der Waals surface area contributed by atoms with Gasteiger partial charge in [-0.05, 0) is 48.5 Å². The van der Waals surface area contributed by atoms with Gasteiger partial charge in [0.25, 0.3) is 10.0 Å². The molecule has 0 aromatic heterocycles. The Balaban J connectivity index is 1.60. The summed E-state index contributed by atoms with van der Waals surface area (Å²) in [5.74, 6) is -0.0476. The van der Waals surface area contributed by atoms with Crippen molar-refractivity contribution in [2.75, 3.05) is 23.0 Å². The van der Waals surface area contributed by atoms with Crippen LogP contribution < -0.4 is 19.1 Å². The standard InChI is InChI=1S/C21H17FN2O5S/c22-15-6-9-18(10-7-15)30(26,27)24(17-4-2-1-3-5-17)13-21(25)23-16-8-11-19-20(12-16)29-14-28-19/h1-12H,13-14H2,(H,23,25). The largest absolute Gasteiger partial charge is 0.454 e. The highest BCUT2D eigenvalue weighted by molar-refractivity contribution is 7.92. The molecule has 0 fully saturated rings. The quantitative estimate of drug-likeness (QED) is 0.651. The molecular weight excluding hydrogens is 411 g/mol. The molecule has 1 aliphatic heterocycles. The van der Waals surface area contributed by atoms with E-state index in [1.54, 1.807) is 48.5 Å². The van der Waals surface area contributed by atoms with Crippen molar-refractivity contribution in [2.24, 2.45) is 0 Å². The Morgan fingerprint density at radius 3 is 2.40 bits per heavy atom. The van der Waals surface area contributed by atoms with Gasteiger partial charge in [-0.15, -0.1) is 0 Å². The highest BCUT2D eigenvalue weighted by Gasteiger charge is 2.27. The number of fused-ring (bicyclic) bond motifs is 1. The first-order valence-corrected chi connectivity index (χ1v) is 10.4. The topological polar surface area (TPSA) is 84.9 Å². The summed E-state index contributed by atoms with van der Waals surface area (Å²) < 4.78 is 51.1. The minimum atomic E-state index is -4.11. The van der Waals surface area contributed by atoms with E-state index in [2.05, 4.69) is 5.32 Å². The van der Waals surface area contributed by atoms with Crippen LogP contribution in [0.25, 0.3) is 0 Å². The van der Waals surface area contributed by atoms with Gasteiger partial charge >= 0.3 is 0 Å². The number of benzene rings is 3. The summed E-state index contributed by atoms with van der Waals surface area (Å²) in [6.07, 6.45) is 0. The maximum absolute atomic E-state index is 13.3. The third-order valence-corrected chi connectivity index (χ3v) is 6.18. The van der Waals surface area contributed by atoms with Gasteiger partial charge in [-0.2, -0.15) is 0 Å². The molecule has 1 heterocycles. The third kappa shape index (κ3) is 4.06. The second kappa shape index (κ2) is 8.03. The van der Waals surface area contributed by atoms with Crippen molar-refractivity contribution in [1.29, 1.82) is 0 Å². The zero-order valence-electron chi connectivity index (χ0n) is 15.6. The van der Waals surface area contributed by atoms with Gasteiger partial charge in [0.2, 0.25) is 12.7 Å². The van der Waals surface area contributed by atoms with Crippen LogP contribution in [0, 0.1) is 5.82 Å². The molecule has 3 aromatic rings. The number of ether oxygens (including phenoxy) is 2. The molecule has 0 aliphatic carbocycles. The Kier molecular flexibility index (Phi) is 5.28. The molecule has 0 saturated carbocycles. The summed E-state index contributed by atoms with van der Waals surface area (Å²) in [6, 6.07) is 17.5. The Morgan fingerprint density at radius 1 is 0.967 bits per heavy atom. The fraction of sp³-hybridized carbons (Fsp3) is 0.0952. The molecule has 7 nitrogen and oxygen atoms in total. The zero-order chi connectivity index (χ0) is 21.1. The van der Waals surface area contributed by atoms with Gasteiger partial charge in [0.15, 0.2) is 11.5 Å². The molecule has 3 aromatic carbocycles. The van der Waals surface area contributed by atoms with Gasteiger partial charge in [0.05, 0.1) is 10.6 Å². The van der Waals surface area contributed by atoms with Gasteiger partial charge in [-0.3, -0.25) is 9.10 Å². The SMILES string of the molecule is O=C(CN(c1ccccc1)S(=O)(=O)c1ccc(F)cc1)Nc1ccc2c(c1)OCO2. The Hall–Kier alpha value is -3.59. The molecule has 1 aliphatic rings. The van der Waals surface area contributed by atoms with E-state index in [-0.39, 0.29) is 11.7 Å². The number of nitrogens with one attached hydrogen (secondary N) is 1. The second-order valence-electron chi connectivity index (χ2n) is 6.42. The minimum Gasteiger partial charge on any atom is -0.454 e. The number of rotatable bonds is 6. The second-order valence-corrected chi connectivity index (χ2v) is 8.28. The highest BCUT2D eigenvalue weighted by Crippen LogP contribution is 2.34. The van der Waals surface area contributed by atoms with E-state index in [1.165, 1.54) is 0 Å². The zero-order valence-corrected chi connectivity index (χ0v) is 16.4. The molecule has 0 atom stereocenters. The molecule has 154 valence electrons. The molecular formula is C21H17FN2O5S. The summed E-state index contributed by atoms with van der Waals surface area (Å²) in [7, 11) is -4.11. The fourth-order valence-electron chi connectivity index (χ4n) is 2.95. The van der Waals surface area contributed by atoms with Crippen LogP contribution in [0.15, 0.2) is 77.7 Å². The summed E-state index contributed by atoms with van der Waals surface area (Å²) in [5.41, 5.74) is 0.749. The van der Waals surface area contributed by atoms with Crippen molar-refractivity contribution in [2.45, 2.75) is 4.90 Å². The van der Waals surface area contributed by atoms with Gasteiger partial charge in [0.1, 0.15) is 12.4 Å². The summed E-state index contributed by atoms with van der Waals surface area (Å²) in [6.45, 7) is -0.372. The molecule has 0 spiro atoms. The normalized spacial score (nSPS) is 12.4. The van der Waals surface area contributed by atoms with Crippen LogP contribution in [-0.2, 0) is 14.8 Å². The van der Waals surface area contributed by atoms with Crippen molar-refractivity contribution in [3.05, 3.63) is 78.6 Å². The highest BCUT2D eigenvalue weighted by atomic mass is 32.2. The first-order chi connectivity index (χ1) is 14.4. The van der Waals surface area contributed by atoms with Gasteiger partial charge in [-0.1, -0.05) is 18.2 Å². The maximum atomic E-state index is 13.3. The monoisotopic (exact) mass is 428 g/mol. The van der Waals surface area contributed by atoms with E-state index in [0.29, 0.717) is 22.9 Å². The number of nitrogens with zero attached hydrogens (tertiary/aromatic N) is 1. The minimum absolute atomic E-state index is 0.102. The van der Waals surface area contributed by atoms with Crippen LogP contribution in [0.2, 0.25) is 0 Å². The van der Waals surface area contributed by atoms with E-state index in [9.17, 15) is 17.6 Å². The van der Waals surface area contributed by atoms with E-state index < -0.39 is 28.3 Å². The van der Waals surface area contributed by atoms with Crippen molar-refractivity contribution in [3.63, 3.8) is 0 Å². The van der Waals surface area contributed by atoms with E-state index in [1.807, 2.05) is 0 Å². The van der Waals surface area contributed by atoms with E-state index in [4.69, 9.17) is 9.47 Å². The Bertz CT molecular complexity index is 1170. The van der Waals surface area contributed by atoms with Crippen LogP contribution >= 0.6 is 0 Å². The molecule has 0 saturated heterocycles. The third-order valence-electron chi connectivity index (χ3n) is 4.39. The Morgan fingerprint density at radius 2 is 1.67 bits per heavy atom. The van der Waals surface area contributed by atoms with Crippen LogP contribution in [0.3, 0.4) is 0 Å². The molecule has 0 bridgehead atoms. The van der Waals surface area contributed by atoms with Crippen molar-refractivity contribution in [3.8, 4) is 11.5 Å². The van der Waals surface area contributed by atoms with Gasteiger partial charge in [-0.25, -0.2) is 12.8 Å². The molecule has 0 unspecified atom stereocenters. The molecule has 30 heavy (non-hydrogen) atoms. The number of carbonyl (C=O) groups is 1. The predicted octanol–water partition coefficient (Wildman–Crippen LogP) is 3.39. The summed E-state index contributed by atoms with van der Waals surface area (Å²) >= 11 is 0. The first kappa shape index (κ1) is 19.7. The molecule has 4 rings (SSSR count). The predicted molar refractivity (Wildman–Crippen MR) is 109 cm³/mol. The van der Waals surface area contributed by atoms with Crippen molar-refractivity contribution >= 4 is 27.3 Å². The average Bonchev–Trinajstić information content (AvgIpc) is 3.21. The van der Waals surface area contributed by atoms with E-state index >= 15 is 0 Å². The summed E-state index contributed by atoms with van der Waals surface area (Å²) in [5, 5.41) is 2.66. The summed E-state index contributed by atoms with van der Waals surface area (Å²) in [4.78, 5) is 12.6. The number of anilines is 2. The lowest BCUT2D eigenvalue weighted by Gasteiger charge is -2.24. The molecule has 9 heteroatoms. The number of hydrogen-bond donors (Lipinski definition) is 1. The van der Waals surface area contributed by atoms with Gasteiger partial charge < -0.3 is 14.8 Å². The average molecular weight is 428 g/mol. The number of halogens is 1. The number of para-hydroxylation sites is 1. The molecule has 1 N–H and O–H groups in total. The Labute approximate surface area is 172 Å². The smallest absolute Gasteiger partial charge is 0.264 e. The lowest BCUT2D eigenvalue weighted by atomic mass is 10.2. The molecule has 0 radical (unpaired) electrons. The maximum Gasteiger partial charge on any atom is 0.264 e. The first-order valence-electron chi connectivity index (χ1n) is 8.96. The van der Waals surface area contributed by atoms with E-state index in [0.717, 1.165) is 28.6 Å². The fourth-order valence-corrected chi connectivity index (χ4v) is 4.37. The number of sulfonamides is 1. The lowest BCUT2D eigenvalue weighted by molar-refractivity contribution is -0.114. The van der Waals surface area contributed by atoms with Crippen molar-refractivity contribution in [1.82, 2.24) is 0 Å². The van der Waals surface area contributed by atoms with Crippen LogP contribution in [0.5, 0.6) is 11.5 Å². The lowest BCUT2D eigenvalue weighted by Crippen LogP contribution is -2.38. The number of amides is 1. The number of carbonyl (C=O) groups excluding carboxylic acids is 1.